The number of rotatable bonds is 5. The fourth-order valence-electron chi connectivity index (χ4n) is 1.26. The summed E-state index contributed by atoms with van der Waals surface area (Å²) in [6.07, 6.45) is 0. The van der Waals surface area contributed by atoms with E-state index in [1.54, 1.807) is 6.07 Å². The smallest absolute Gasteiger partial charge is 0.441 e. The summed E-state index contributed by atoms with van der Waals surface area (Å²) in [4.78, 5) is 0. The lowest BCUT2D eigenvalue weighted by atomic mass is 10.1. The van der Waals surface area contributed by atoms with E-state index >= 15 is 0 Å². The SMILES string of the molecule is Cc1ccc(OCCSC(F)(F)F)c(CBr)c1. The zero-order chi connectivity index (χ0) is 12.9. The van der Waals surface area contributed by atoms with Gasteiger partial charge < -0.3 is 4.74 Å². The Morgan fingerprint density at radius 1 is 1.35 bits per heavy atom. The van der Waals surface area contributed by atoms with Crippen LogP contribution in [0.25, 0.3) is 0 Å². The first kappa shape index (κ1) is 14.7. The molecule has 6 heteroatoms. The molecule has 0 aliphatic rings. The average Bonchev–Trinajstić information content (AvgIpc) is 2.24. The molecule has 0 radical (unpaired) electrons. The van der Waals surface area contributed by atoms with Gasteiger partial charge in [0.15, 0.2) is 0 Å². The van der Waals surface area contributed by atoms with Crippen LogP contribution in [0, 0.1) is 6.92 Å². The van der Waals surface area contributed by atoms with Gasteiger partial charge in [0.1, 0.15) is 5.75 Å². The van der Waals surface area contributed by atoms with Gasteiger partial charge in [-0.25, -0.2) is 0 Å². The second kappa shape index (κ2) is 6.54. The van der Waals surface area contributed by atoms with Crippen LogP contribution in [0.3, 0.4) is 0 Å². The standard InChI is InChI=1S/C11H12BrF3OS/c1-8-2-3-10(9(6-8)7-12)16-4-5-17-11(13,14)15/h2-3,6H,4-5,7H2,1H3. The van der Waals surface area contributed by atoms with Gasteiger partial charge in [0.2, 0.25) is 0 Å². The predicted molar refractivity (Wildman–Crippen MR) is 67.8 cm³/mol. The summed E-state index contributed by atoms with van der Waals surface area (Å²) in [5.41, 5.74) is -2.15. The highest BCUT2D eigenvalue weighted by Gasteiger charge is 2.27. The molecule has 0 fully saturated rings. The van der Waals surface area contributed by atoms with E-state index in [0.717, 1.165) is 11.1 Å². The van der Waals surface area contributed by atoms with Crippen molar-refractivity contribution in [1.82, 2.24) is 0 Å². The highest BCUT2D eigenvalue weighted by atomic mass is 79.9. The van der Waals surface area contributed by atoms with E-state index in [0.29, 0.717) is 11.1 Å². The van der Waals surface area contributed by atoms with Crippen LogP contribution in [0.15, 0.2) is 18.2 Å². The summed E-state index contributed by atoms with van der Waals surface area (Å²) in [7, 11) is 0. The van der Waals surface area contributed by atoms with Crippen molar-refractivity contribution in [2.45, 2.75) is 17.8 Å². The van der Waals surface area contributed by atoms with Gasteiger partial charge in [-0.2, -0.15) is 13.2 Å². The number of hydrogen-bond donors (Lipinski definition) is 0. The van der Waals surface area contributed by atoms with Crippen LogP contribution in [0.5, 0.6) is 5.75 Å². The van der Waals surface area contributed by atoms with Crippen molar-refractivity contribution >= 4 is 27.7 Å². The highest BCUT2D eigenvalue weighted by Crippen LogP contribution is 2.30. The van der Waals surface area contributed by atoms with Gasteiger partial charge in [-0.05, 0) is 24.8 Å². The van der Waals surface area contributed by atoms with Gasteiger partial charge in [0, 0.05) is 16.6 Å². The highest BCUT2D eigenvalue weighted by molar-refractivity contribution is 9.08. The molecule has 0 aliphatic carbocycles. The Hall–Kier alpha value is -0.360. The molecule has 1 aromatic rings. The minimum Gasteiger partial charge on any atom is -0.492 e. The van der Waals surface area contributed by atoms with Crippen LogP contribution >= 0.6 is 27.7 Å². The molecule has 0 saturated carbocycles. The first-order valence-corrected chi connectivity index (χ1v) is 7.02. The maximum absolute atomic E-state index is 11.9. The van der Waals surface area contributed by atoms with Crippen LogP contribution < -0.4 is 4.74 Å². The van der Waals surface area contributed by atoms with Gasteiger partial charge in [0.25, 0.3) is 0 Å². The molecular formula is C11H12BrF3OS. The third-order valence-electron chi connectivity index (χ3n) is 1.97. The molecule has 96 valence electrons. The monoisotopic (exact) mass is 328 g/mol. The van der Waals surface area contributed by atoms with Crippen molar-refractivity contribution in [2.24, 2.45) is 0 Å². The zero-order valence-electron chi connectivity index (χ0n) is 9.18. The zero-order valence-corrected chi connectivity index (χ0v) is 11.6. The van der Waals surface area contributed by atoms with E-state index in [2.05, 4.69) is 15.9 Å². The molecular weight excluding hydrogens is 317 g/mol. The number of alkyl halides is 4. The number of hydrogen-bond acceptors (Lipinski definition) is 2. The molecule has 0 spiro atoms. The van der Waals surface area contributed by atoms with Gasteiger partial charge in [0.05, 0.1) is 6.61 Å². The summed E-state index contributed by atoms with van der Waals surface area (Å²) >= 11 is 3.25. The van der Waals surface area contributed by atoms with Crippen molar-refractivity contribution in [3.63, 3.8) is 0 Å². The Kier molecular flexibility index (Phi) is 5.66. The minimum atomic E-state index is -4.19. The Bertz CT molecular complexity index is 368. The quantitative estimate of drug-likeness (QED) is 0.580. The molecule has 0 atom stereocenters. The molecule has 0 saturated heterocycles. The van der Waals surface area contributed by atoms with E-state index < -0.39 is 5.51 Å². The van der Waals surface area contributed by atoms with Crippen LogP contribution in [0.2, 0.25) is 0 Å². The van der Waals surface area contributed by atoms with Crippen LogP contribution in [0.4, 0.5) is 13.2 Å². The Labute approximate surface area is 111 Å². The average molecular weight is 329 g/mol. The fourth-order valence-corrected chi connectivity index (χ4v) is 2.10. The summed E-state index contributed by atoms with van der Waals surface area (Å²) in [6, 6.07) is 5.60. The van der Waals surface area contributed by atoms with Crippen molar-refractivity contribution in [2.75, 3.05) is 12.4 Å². The molecule has 1 aromatic carbocycles. The maximum atomic E-state index is 11.9. The van der Waals surface area contributed by atoms with E-state index in [1.165, 1.54) is 0 Å². The molecule has 0 bridgehead atoms. The molecule has 1 rings (SSSR count). The second-order valence-corrected chi connectivity index (χ2v) is 5.11. The minimum absolute atomic E-state index is 0.0488. The predicted octanol–water partition coefficient (Wildman–Crippen LogP) is 4.52. The largest absolute Gasteiger partial charge is 0.492 e. The third kappa shape index (κ3) is 5.68. The molecule has 0 amide bonds. The molecule has 0 aliphatic heterocycles. The molecule has 0 heterocycles. The molecule has 0 N–H and O–H groups in total. The number of ether oxygens (including phenoxy) is 1. The second-order valence-electron chi connectivity index (χ2n) is 3.39. The first-order valence-electron chi connectivity index (χ1n) is 4.91. The van der Waals surface area contributed by atoms with Gasteiger partial charge in [-0.15, -0.1) is 0 Å². The van der Waals surface area contributed by atoms with Crippen LogP contribution in [0.1, 0.15) is 11.1 Å². The van der Waals surface area contributed by atoms with E-state index in [1.807, 2.05) is 19.1 Å². The number of benzene rings is 1. The maximum Gasteiger partial charge on any atom is 0.441 e. The lowest BCUT2D eigenvalue weighted by molar-refractivity contribution is -0.0329. The summed E-state index contributed by atoms with van der Waals surface area (Å²) in [5.74, 6) is 0.536. The Morgan fingerprint density at radius 2 is 2.06 bits per heavy atom. The van der Waals surface area contributed by atoms with Crippen LogP contribution in [-0.2, 0) is 5.33 Å². The summed E-state index contributed by atoms with van der Waals surface area (Å²) < 4.78 is 41.0. The lowest BCUT2D eigenvalue weighted by Crippen LogP contribution is -2.08. The summed E-state index contributed by atoms with van der Waals surface area (Å²) in [5, 5.41) is 0.621. The van der Waals surface area contributed by atoms with Crippen molar-refractivity contribution in [3.05, 3.63) is 29.3 Å². The fraction of sp³-hybridized carbons (Fsp3) is 0.455. The summed E-state index contributed by atoms with van der Waals surface area (Å²) in [6.45, 7) is 2.00. The van der Waals surface area contributed by atoms with E-state index in [-0.39, 0.29) is 24.1 Å². The van der Waals surface area contributed by atoms with Gasteiger partial charge >= 0.3 is 5.51 Å². The molecule has 0 unspecified atom stereocenters. The molecule has 17 heavy (non-hydrogen) atoms. The van der Waals surface area contributed by atoms with Gasteiger partial charge in [-0.3, -0.25) is 0 Å². The normalized spacial score (nSPS) is 11.6. The Morgan fingerprint density at radius 3 is 2.65 bits per heavy atom. The van der Waals surface area contributed by atoms with Crippen molar-refractivity contribution in [3.8, 4) is 5.75 Å². The third-order valence-corrected chi connectivity index (χ3v) is 3.27. The topological polar surface area (TPSA) is 9.23 Å². The molecule has 1 nitrogen and oxygen atoms in total. The van der Waals surface area contributed by atoms with Crippen molar-refractivity contribution < 1.29 is 17.9 Å². The van der Waals surface area contributed by atoms with Crippen molar-refractivity contribution in [1.29, 1.82) is 0 Å². The van der Waals surface area contributed by atoms with Gasteiger partial charge in [-0.1, -0.05) is 33.6 Å². The van der Waals surface area contributed by atoms with Crippen LogP contribution in [-0.4, -0.2) is 17.9 Å². The Balaban J connectivity index is 2.46. The van der Waals surface area contributed by atoms with E-state index in [9.17, 15) is 13.2 Å². The number of aryl methyl sites for hydroxylation is 1. The van der Waals surface area contributed by atoms with E-state index in [4.69, 9.17) is 4.74 Å². The first-order chi connectivity index (χ1) is 7.92. The lowest BCUT2D eigenvalue weighted by Gasteiger charge is -2.11. The number of thioether (sulfide) groups is 1. The molecule has 0 aromatic heterocycles. The number of halogens is 4.